The molecular formula is C17H20N2O2. The lowest BCUT2D eigenvalue weighted by molar-refractivity contribution is 0.0782. The smallest absolute Gasteiger partial charge is 0.257 e. The van der Waals surface area contributed by atoms with Crippen LogP contribution in [0.15, 0.2) is 42.5 Å². The van der Waals surface area contributed by atoms with E-state index in [0.29, 0.717) is 23.5 Å². The number of ether oxygens (including phenoxy) is 1. The number of benzene rings is 2. The van der Waals surface area contributed by atoms with Crippen LogP contribution in [0.3, 0.4) is 0 Å². The van der Waals surface area contributed by atoms with Crippen molar-refractivity contribution < 1.29 is 9.53 Å². The largest absolute Gasteiger partial charge is 0.496 e. The predicted octanol–water partition coefficient (Wildman–Crippen LogP) is 2.86. The molecule has 0 spiro atoms. The topological polar surface area (TPSA) is 55.6 Å². The second kappa shape index (κ2) is 6.31. The van der Waals surface area contributed by atoms with Crippen LogP contribution in [0.4, 0.5) is 5.69 Å². The van der Waals surface area contributed by atoms with Crippen LogP contribution in [0.1, 0.15) is 21.5 Å². The Balaban J connectivity index is 2.19. The van der Waals surface area contributed by atoms with Crippen LogP contribution >= 0.6 is 0 Å². The van der Waals surface area contributed by atoms with Crippen molar-refractivity contribution in [2.24, 2.45) is 0 Å². The molecule has 110 valence electrons. The van der Waals surface area contributed by atoms with Crippen molar-refractivity contribution in [2.45, 2.75) is 13.5 Å². The van der Waals surface area contributed by atoms with E-state index in [4.69, 9.17) is 10.5 Å². The summed E-state index contributed by atoms with van der Waals surface area (Å²) in [7, 11) is 3.31. The Bertz CT molecular complexity index is 636. The maximum atomic E-state index is 12.5. The number of nitrogens with two attached hydrogens (primary N) is 1. The molecule has 4 heteroatoms. The summed E-state index contributed by atoms with van der Waals surface area (Å²) < 4.78 is 5.23. The normalized spacial score (nSPS) is 10.2. The molecule has 0 aliphatic rings. The zero-order valence-corrected chi connectivity index (χ0v) is 12.6. The number of carbonyl (C=O) groups is 1. The Morgan fingerprint density at radius 2 is 1.86 bits per heavy atom. The quantitative estimate of drug-likeness (QED) is 0.878. The van der Waals surface area contributed by atoms with Crippen LogP contribution in [-0.4, -0.2) is 25.0 Å². The van der Waals surface area contributed by atoms with E-state index in [1.54, 1.807) is 37.3 Å². The van der Waals surface area contributed by atoms with Crippen molar-refractivity contribution in [3.63, 3.8) is 0 Å². The van der Waals surface area contributed by atoms with Gasteiger partial charge >= 0.3 is 0 Å². The Morgan fingerprint density at radius 1 is 1.19 bits per heavy atom. The fourth-order valence-corrected chi connectivity index (χ4v) is 2.14. The van der Waals surface area contributed by atoms with E-state index < -0.39 is 0 Å². The Labute approximate surface area is 125 Å². The summed E-state index contributed by atoms with van der Waals surface area (Å²) in [4.78, 5) is 14.2. The molecule has 2 aromatic rings. The van der Waals surface area contributed by atoms with E-state index in [2.05, 4.69) is 0 Å². The molecule has 2 rings (SSSR count). The number of methoxy groups -OCH3 is 1. The summed E-state index contributed by atoms with van der Waals surface area (Å²) in [5, 5.41) is 0. The SMILES string of the molecule is COc1ccc(N)cc1C(=O)N(C)Cc1ccc(C)cc1. The summed E-state index contributed by atoms with van der Waals surface area (Å²) in [6.45, 7) is 2.58. The molecule has 0 bridgehead atoms. The Hall–Kier alpha value is -2.49. The molecule has 0 fully saturated rings. The van der Waals surface area contributed by atoms with Crippen LogP contribution in [0.5, 0.6) is 5.75 Å². The van der Waals surface area contributed by atoms with Gasteiger partial charge in [-0.2, -0.15) is 0 Å². The molecule has 0 aliphatic carbocycles. The molecule has 2 aromatic carbocycles. The lowest BCUT2D eigenvalue weighted by Gasteiger charge is -2.19. The maximum absolute atomic E-state index is 12.5. The van der Waals surface area contributed by atoms with E-state index >= 15 is 0 Å². The van der Waals surface area contributed by atoms with Gasteiger partial charge in [0.1, 0.15) is 5.75 Å². The van der Waals surface area contributed by atoms with E-state index in [1.165, 1.54) is 5.56 Å². The third kappa shape index (κ3) is 3.54. The molecule has 0 unspecified atom stereocenters. The first kappa shape index (κ1) is 14.9. The summed E-state index contributed by atoms with van der Waals surface area (Å²) >= 11 is 0. The van der Waals surface area contributed by atoms with Crippen LogP contribution in [0, 0.1) is 6.92 Å². The Morgan fingerprint density at radius 3 is 2.48 bits per heavy atom. The van der Waals surface area contributed by atoms with Gasteiger partial charge in [-0.25, -0.2) is 0 Å². The van der Waals surface area contributed by atoms with Gasteiger partial charge < -0.3 is 15.4 Å². The third-order valence-electron chi connectivity index (χ3n) is 3.34. The highest BCUT2D eigenvalue weighted by atomic mass is 16.5. The number of anilines is 1. The molecule has 21 heavy (non-hydrogen) atoms. The molecule has 0 saturated heterocycles. The van der Waals surface area contributed by atoms with Gasteiger partial charge in [-0.15, -0.1) is 0 Å². The minimum Gasteiger partial charge on any atom is -0.496 e. The van der Waals surface area contributed by atoms with Crippen molar-refractivity contribution in [3.05, 3.63) is 59.2 Å². The van der Waals surface area contributed by atoms with Crippen molar-refractivity contribution in [2.75, 3.05) is 19.9 Å². The number of aryl methyl sites for hydroxylation is 1. The van der Waals surface area contributed by atoms with Crippen LogP contribution in [0.2, 0.25) is 0 Å². The van der Waals surface area contributed by atoms with Crippen LogP contribution in [0.25, 0.3) is 0 Å². The molecule has 0 radical (unpaired) electrons. The minimum atomic E-state index is -0.111. The average Bonchev–Trinajstić information content (AvgIpc) is 2.48. The zero-order valence-electron chi connectivity index (χ0n) is 12.6. The number of amides is 1. The minimum absolute atomic E-state index is 0.111. The lowest BCUT2D eigenvalue weighted by Crippen LogP contribution is -2.26. The molecule has 1 amide bonds. The van der Waals surface area contributed by atoms with Crippen molar-refractivity contribution in [3.8, 4) is 5.75 Å². The van der Waals surface area contributed by atoms with Gasteiger partial charge in [0.15, 0.2) is 0 Å². The number of carbonyl (C=O) groups excluding carboxylic acids is 1. The molecule has 2 N–H and O–H groups in total. The number of rotatable bonds is 4. The second-order valence-electron chi connectivity index (χ2n) is 5.11. The highest BCUT2D eigenvalue weighted by Gasteiger charge is 2.17. The second-order valence-corrected chi connectivity index (χ2v) is 5.11. The van der Waals surface area contributed by atoms with E-state index in [-0.39, 0.29) is 5.91 Å². The van der Waals surface area contributed by atoms with Crippen molar-refractivity contribution in [1.82, 2.24) is 4.90 Å². The molecule has 0 saturated carbocycles. The number of hydrogen-bond acceptors (Lipinski definition) is 3. The number of nitrogens with zero attached hydrogens (tertiary/aromatic N) is 1. The summed E-state index contributed by atoms with van der Waals surface area (Å²) in [5.41, 5.74) is 9.07. The van der Waals surface area contributed by atoms with Gasteiger partial charge in [0.2, 0.25) is 0 Å². The third-order valence-corrected chi connectivity index (χ3v) is 3.34. The summed E-state index contributed by atoms with van der Waals surface area (Å²) in [5.74, 6) is 0.421. The molecule has 0 atom stereocenters. The summed E-state index contributed by atoms with van der Waals surface area (Å²) in [6, 6.07) is 13.2. The standard InChI is InChI=1S/C17H20N2O2/c1-12-4-6-13(7-5-12)11-19(2)17(20)15-10-14(18)8-9-16(15)21-3/h4-10H,11,18H2,1-3H3. The van der Waals surface area contributed by atoms with Gasteiger partial charge in [0.25, 0.3) is 5.91 Å². The van der Waals surface area contributed by atoms with E-state index in [9.17, 15) is 4.79 Å². The number of hydrogen-bond donors (Lipinski definition) is 1. The van der Waals surface area contributed by atoms with Gasteiger partial charge in [-0.3, -0.25) is 4.79 Å². The fourth-order valence-electron chi connectivity index (χ4n) is 2.14. The fraction of sp³-hybridized carbons (Fsp3) is 0.235. The van der Waals surface area contributed by atoms with Gasteiger partial charge in [-0.05, 0) is 30.7 Å². The Kier molecular flexibility index (Phi) is 4.48. The molecule has 4 nitrogen and oxygen atoms in total. The first-order valence-electron chi connectivity index (χ1n) is 6.76. The molecule has 0 aliphatic heterocycles. The van der Waals surface area contributed by atoms with Crippen LogP contribution < -0.4 is 10.5 Å². The molecule has 0 heterocycles. The molecular weight excluding hydrogens is 264 g/mol. The lowest BCUT2D eigenvalue weighted by atomic mass is 10.1. The van der Waals surface area contributed by atoms with E-state index in [1.807, 2.05) is 31.2 Å². The van der Waals surface area contributed by atoms with Gasteiger partial charge in [0, 0.05) is 19.3 Å². The highest BCUT2D eigenvalue weighted by molar-refractivity contribution is 5.97. The number of nitrogen functional groups attached to an aromatic ring is 1. The van der Waals surface area contributed by atoms with E-state index in [0.717, 1.165) is 5.56 Å². The van der Waals surface area contributed by atoms with Crippen molar-refractivity contribution in [1.29, 1.82) is 0 Å². The summed E-state index contributed by atoms with van der Waals surface area (Å²) in [6.07, 6.45) is 0. The average molecular weight is 284 g/mol. The van der Waals surface area contributed by atoms with Gasteiger partial charge in [-0.1, -0.05) is 29.8 Å². The monoisotopic (exact) mass is 284 g/mol. The highest BCUT2D eigenvalue weighted by Crippen LogP contribution is 2.23. The predicted molar refractivity (Wildman–Crippen MR) is 84.4 cm³/mol. The van der Waals surface area contributed by atoms with Crippen molar-refractivity contribution >= 4 is 11.6 Å². The van der Waals surface area contributed by atoms with Crippen LogP contribution in [-0.2, 0) is 6.54 Å². The zero-order chi connectivity index (χ0) is 15.4. The maximum Gasteiger partial charge on any atom is 0.257 e. The molecule has 0 aromatic heterocycles. The van der Waals surface area contributed by atoms with Gasteiger partial charge in [0.05, 0.1) is 12.7 Å². The first-order chi connectivity index (χ1) is 10.0. The first-order valence-corrected chi connectivity index (χ1v) is 6.76.